The Morgan fingerprint density at radius 2 is 2.39 bits per heavy atom. The number of nitrogens with two attached hydrogens (primary N) is 1. The van der Waals surface area contributed by atoms with Gasteiger partial charge in [0, 0.05) is 6.54 Å². The van der Waals surface area contributed by atoms with Gasteiger partial charge in [-0.3, -0.25) is 14.3 Å². The maximum absolute atomic E-state index is 11.5. The monoisotopic (exact) mass is 269 g/mol. The average Bonchev–Trinajstić information content (AvgIpc) is 2.28. The van der Waals surface area contributed by atoms with Crippen LogP contribution in [0.1, 0.15) is 5.56 Å². The number of aromatic hydroxyl groups is 1. The third kappa shape index (κ3) is 3.04. The molecule has 1 rings (SSSR count). The first-order valence-corrected chi connectivity index (χ1v) is 5.13. The Balaban J connectivity index is 3.27. The van der Waals surface area contributed by atoms with Crippen LogP contribution in [0.25, 0.3) is 0 Å². The molecule has 9 heteroatoms. The Labute approximate surface area is 106 Å². The molecule has 0 saturated carbocycles. The van der Waals surface area contributed by atoms with E-state index in [1.807, 2.05) is 5.43 Å². The first-order valence-electron chi connectivity index (χ1n) is 4.73. The third-order valence-electron chi connectivity index (χ3n) is 1.89. The number of hydrogen-bond acceptors (Lipinski definition) is 5. The number of rotatable bonds is 4. The lowest BCUT2D eigenvalue weighted by atomic mass is 10.3. The van der Waals surface area contributed by atoms with E-state index in [4.69, 9.17) is 18.0 Å². The number of H-pyrrole nitrogens is 1. The largest absolute Gasteiger partial charge is 0.494 e. The van der Waals surface area contributed by atoms with E-state index >= 15 is 0 Å². The van der Waals surface area contributed by atoms with Crippen molar-refractivity contribution >= 4 is 24.5 Å². The molecule has 8 nitrogen and oxygen atoms in total. The summed E-state index contributed by atoms with van der Waals surface area (Å²) >= 11 is 4.87. The highest BCUT2D eigenvalue weighted by atomic mass is 32.1. The molecule has 0 aromatic carbocycles. The predicted molar refractivity (Wildman–Crippen MR) is 68.1 cm³/mol. The Bertz CT molecular complexity index is 616. The molecule has 2 amide bonds. The standard InChI is InChI=1S/C9H11N5O3S/c1-2-3-14-7(16)5(4-11-13-8(10)17)6(15)12-9(14)18/h2,4,16H,1,3H2,(H3,10,13,17)(H,12,15,18)/b11-4-. The van der Waals surface area contributed by atoms with Crippen molar-refractivity contribution in [2.24, 2.45) is 10.8 Å². The summed E-state index contributed by atoms with van der Waals surface area (Å²) in [6.07, 6.45) is 2.46. The Hall–Kier alpha value is -2.42. The molecule has 0 spiro atoms. The molecule has 0 atom stereocenters. The molecule has 1 aromatic heterocycles. The first kappa shape index (κ1) is 13.6. The number of amides is 2. The first-order chi connectivity index (χ1) is 8.47. The number of carbonyl (C=O) groups excluding carboxylic acids is 1. The molecule has 0 aliphatic heterocycles. The molecule has 96 valence electrons. The number of nitrogens with one attached hydrogen (secondary N) is 2. The van der Waals surface area contributed by atoms with E-state index in [2.05, 4.69) is 16.7 Å². The van der Waals surface area contributed by atoms with Gasteiger partial charge in [0.05, 0.1) is 6.21 Å². The van der Waals surface area contributed by atoms with E-state index in [0.29, 0.717) is 0 Å². The molecule has 1 aromatic rings. The van der Waals surface area contributed by atoms with Gasteiger partial charge in [0.2, 0.25) is 5.88 Å². The van der Waals surface area contributed by atoms with E-state index in [1.54, 1.807) is 0 Å². The minimum atomic E-state index is -0.888. The smallest absolute Gasteiger partial charge is 0.332 e. The second kappa shape index (κ2) is 5.77. The Morgan fingerprint density at radius 3 is 2.94 bits per heavy atom. The number of allylic oxidation sites excluding steroid dienone is 1. The fourth-order valence-corrected chi connectivity index (χ4v) is 1.40. The number of hydrazone groups is 1. The van der Waals surface area contributed by atoms with Crippen LogP contribution >= 0.6 is 12.2 Å². The van der Waals surface area contributed by atoms with Crippen molar-refractivity contribution in [3.8, 4) is 5.88 Å². The molecule has 0 radical (unpaired) electrons. The molecule has 18 heavy (non-hydrogen) atoms. The van der Waals surface area contributed by atoms with Gasteiger partial charge in [0.1, 0.15) is 5.56 Å². The predicted octanol–water partition coefficient (Wildman–Crippen LogP) is -0.200. The Morgan fingerprint density at radius 1 is 1.72 bits per heavy atom. The molecular weight excluding hydrogens is 258 g/mol. The van der Waals surface area contributed by atoms with Gasteiger partial charge >= 0.3 is 6.03 Å². The van der Waals surface area contributed by atoms with E-state index in [-0.39, 0.29) is 22.8 Å². The zero-order chi connectivity index (χ0) is 13.7. The summed E-state index contributed by atoms with van der Waals surface area (Å²) in [5.41, 5.74) is 5.91. The minimum absolute atomic E-state index is 0.0532. The summed E-state index contributed by atoms with van der Waals surface area (Å²) in [4.78, 5) is 24.3. The zero-order valence-corrected chi connectivity index (χ0v) is 10.0. The molecule has 0 aliphatic carbocycles. The topological polar surface area (TPSA) is 125 Å². The molecule has 0 saturated heterocycles. The van der Waals surface area contributed by atoms with E-state index in [0.717, 1.165) is 6.21 Å². The second-order valence-electron chi connectivity index (χ2n) is 3.13. The highest BCUT2D eigenvalue weighted by molar-refractivity contribution is 7.71. The van der Waals surface area contributed by atoms with Gasteiger partial charge < -0.3 is 10.8 Å². The van der Waals surface area contributed by atoms with Crippen LogP contribution in [0.4, 0.5) is 4.79 Å². The van der Waals surface area contributed by atoms with Crippen LogP contribution in [0.3, 0.4) is 0 Å². The number of aromatic nitrogens is 2. The Kier molecular flexibility index (Phi) is 4.38. The maximum Gasteiger partial charge on any atom is 0.332 e. The quantitative estimate of drug-likeness (QED) is 0.261. The number of carbonyl (C=O) groups is 1. The summed E-state index contributed by atoms with van der Waals surface area (Å²) in [5, 5.41) is 13.2. The van der Waals surface area contributed by atoms with Crippen molar-refractivity contribution in [2.75, 3.05) is 0 Å². The van der Waals surface area contributed by atoms with Crippen molar-refractivity contribution < 1.29 is 9.90 Å². The third-order valence-corrected chi connectivity index (χ3v) is 2.21. The fraction of sp³-hybridized carbons (Fsp3) is 0.111. The fourth-order valence-electron chi connectivity index (χ4n) is 1.15. The van der Waals surface area contributed by atoms with E-state index < -0.39 is 11.6 Å². The number of nitrogens with zero attached hydrogens (tertiary/aromatic N) is 2. The summed E-state index contributed by atoms with van der Waals surface area (Å²) in [6, 6.07) is -0.888. The molecule has 1 heterocycles. The number of aromatic amines is 1. The number of hydrogen-bond donors (Lipinski definition) is 4. The van der Waals surface area contributed by atoms with Crippen molar-refractivity contribution in [3.05, 3.63) is 33.3 Å². The molecule has 0 fully saturated rings. The summed E-state index contributed by atoms with van der Waals surface area (Å²) in [6.45, 7) is 3.71. The SMILES string of the molecule is C=CCn1c(O)c(/C=N\NC(N)=O)c(=O)[nH]c1=S. The van der Waals surface area contributed by atoms with Crippen LogP contribution in [0, 0.1) is 4.77 Å². The summed E-state index contributed by atoms with van der Waals surface area (Å²) in [5.74, 6) is -0.376. The second-order valence-corrected chi connectivity index (χ2v) is 3.52. The lowest BCUT2D eigenvalue weighted by molar-refractivity contribution is 0.249. The van der Waals surface area contributed by atoms with E-state index in [1.165, 1.54) is 10.6 Å². The molecular formula is C9H11N5O3S. The van der Waals surface area contributed by atoms with Gasteiger partial charge in [-0.15, -0.1) is 6.58 Å². The van der Waals surface area contributed by atoms with Gasteiger partial charge in [-0.25, -0.2) is 10.2 Å². The van der Waals surface area contributed by atoms with Crippen LogP contribution in [0.2, 0.25) is 0 Å². The van der Waals surface area contributed by atoms with Crippen LogP contribution < -0.4 is 16.7 Å². The average molecular weight is 269 g/mol. The number of urea groups is 1. The normalized spacial score (nSPS) is 10.4. The van der Waals surface area contributed by atoms with Crippen molar-refractivity contribution in [2.45, 2.75) is 6.54 Å². The highest BCUT2D eigenvalue weighted by Gasteiger charge is 2.09. The zero-order valence-electron chi connectivity index (χ0n) is 9.21. The van der Waals surface area contributed by atoms with Gasteiger partial charge in [-0.05, 0) is 12.2 Å². The van der Waals surface area contributed by atoms with Gasteiger partial charge in [0.25, 0.3) is 5.56 Å². The molecule has 5 N–H and O–H groups in total. The summed E-state index contributed by atoms with van der Waals surface area (Å²) in [7, 11) is 0. The molecule has 0 bridgehead atoms. The van der Waals surface area contributed by atoms with Gasteiger partial charge in [-0.1, -0.05) is 6.08 Å². The number of primary amides is 1. The van der Waals surface area contributed by atoms with Crippen molar-refractivity contribution in [1.82, 2.24) is 15.0 Å². The maximum atomic E-state index is 11.5. The van der Waals surface area contributed by atoms with Crippen LogP contribution in [0.5, 0.6) is 5.88 Å². The van der Waals surface area contributed by atoms with Crippen molar-refractivity contribution in [1.29, 1.82) is 0 Å². The van der Waals surface area contributed by atoms with Crippen LogP contribution in [0.15, 0.2) is 22.6 Å². The summed E-state index contributed by atoms with van der Waals surface area (Å²) < 4.78 is 1.30. The van der Waals surface area contributed by atoms with Gasteiger partial charge in [-0.2, -0.15) is 5.10 Å². The molecule has 0 aliphatic rings. The highest BCUT2D eigenvalue weighted by Crippen LogP contribution is 2.10. The lowest BCUT2D eigenvalue weighted by Crippen LogP contribution is -2.25. The van der Waals surface area contributed by atoms with Crippen LogP contribution in [-0.4, -0.2) is 26.9 Å². The van der Waals surface area contributed by atoms with Crippen LogP contribution in [-0.2, 0) is 6.54 Å². The van der Waals surface area contributed by atoms with Crippen molar-refractivity contribution in [3.63, 3.8) is 0 Å². The molecule has 0 unspecified atom stereocenters. The lowest BCUT2D eigenvalue weighted by Gasteiger charge is -2.08. The minimum Gasteiger partial charge on any atom is -0.494 e. The van der Waals surface area contributed by atoms with E-state index in [9.17, 15) is 14.7 Å². The van der Waals surface area contributed by atoms with Gasteiger partial charge in [0.15, 0.2) is 4.77 Å².